The van der Waals surface area contributed by atoms with Crippen LogP contribution in [0.15, 0.2) is 24.3 Å². The van der Waals surface area contributed by atoms with Crippen LogP contribution in [0.25, 0.3) is 0 Å². The van der Waals surface area contributed by atoms with Crippen molar-refractivity contribution in [2.75, 3.05) is 12.0 Å². The summed E-state index contributed by atoms with van der Waals surface area (Å²) >= 11 is 0. The molecule has 136 valence electrons. The number of halogens is 3. The molecule has 25 heavy (non-hydrogen) atoms. The highest BCUT2D eigenvalue weighted by Crippen LogP contribution is 2.36. The number of methoxy groups -OCH3 is 1. The molecule has 1 aromatic carbocycles. The van der Waals surface area contributed by atoms with E-state index in [1.54, 1.807) is 17.6 Å². The number of alkyl halides is 3. The molecule has 1 saturated heterocycles. The summed E-state index contributed by atoms with van der Waals surface area (Å²) in [6, 6.07) is 4.13. The van der Waals surface area contributed by atoms with Gasteiger partial charge in [-0.2, -0.15) is 13.2 Å². The normalized spacial score (nSPS) is 20.4. The largest absolute Gasteiger partial charge is 0.497 e. The van der Waals surface area contributed by atoms with Crippen molar-refractivity contribution in [2.24, 2.45) is 0 Å². The topological polar surface area (TPSA) is 87.7 Å². The molecule has 2 rings (SSSR count). The fourth-order valence-electron chi connectivity index (χ4n) is 2.36. The summed E-state index contributed by atoms with van der Waals surface area (Å²) in [6.07, 6.45) is -5.17. The van der Waals surface area contributed by atoms with E-state index in [1.807, 2.05) is 0 Å². The lowest BCUT2D eigenvalue weighted by atomic mass is 10.1. The molecule has 0 spiro atoms. The van der Waals surface area contributed by atoms with Crippen molar-refractivity contribution in [3.63, 3.8) is 0 Å². The average Bonchev–Trinajstić information content (AvgIpc) is 2.78. The lowest BCUT2D eigenvalue weighted by Crippen LogP contribution is -2.69. The van der Waals surface area contributed by atoms with Gasteiger partial charge in [0.25, 0.3) is 11.6 Å². The summed E-state index contributed by atoms with van der Waals surface area (Å²) in [5.74, 6) is -2.39. The van der Waals surface area contributed by atoms with Gasteiger partial charge in [-0.3, -0.25) is 14.9 Å². The maximum atomic E-state index is 13.6. The van der Waals surface area contributed by atoms with E-state index in [1.165, 1.54) is 31.4 Å². The van der Waals surface area contributed by atoms with Crippen LogP contribution < -0.4 is 20.3 Å². The predicted molar refractivity (Wildman–Crippen MR) is 80.8 cm³/mol. The summed E-state index contributed by atoms with van der Waals surface area (Å²) in [5, 5.41) is 3.20. The van der Waals surface area contributed by atoms with Gasteiger partial charge in [-0.05, 0) is 18.6 Å². The van der Waals surface area contributed by atoms with Crippen LogP contribution in [0.2, 0.25) is 0 Å². The first-order valence-electron chi connectivity index (χ1n) is 7.34. The molecule has 1 unspecified atom stereocenters. The smallest absolute Gasteiger partial charge is 0.440 e. The predicted octanol–water partition coefficient (Wildman–Crippen LogP) is 1.93. The summed E-state index contributed by atoms with van der Waals surface area (Å²) in [7, 11) is 1.33. The SMILES string of the molecule is CCCC(=O)NC1(C(F)(F)F)NC(=O)N(c2cccc(OC)c2)C1=O. The van der Waals surface area contributed by atoms with Gasteiger partial charge in [-0.15, -0.1) is 0 Å². The summed E-state index contributed by atoms with van der Waals surface area (Å²) in [6.45, 7) is 1.59. The van der Waals surface area contributed by atoms with E-state index in [9.17, 15) is 27.6 Å². The summed E-state index contributed by atoms with van der Waals surface area (Å²) in [5.41, 5.74) is -3.61. The van der Waals surface area contributed by atoms with Gasteiger partial charge in [0.05, 0.1) is 12.8 Å². The van der Waals surface area contributed by atoms with Crippen LogP contribution in [-0.4, -0.2) is 36.8 Å². The molecule has 0 aromatic heterocycles. The zero-order valence-electron chi connectivity index (χ0n) is 13.4. The third-order valence-electron chi connectivity index (χ3n) is 3.56. The molecule has 1 heterocycles. The highest BCUT2D eigenvalue weighted by atomic mass is 19.4. The molecule has 10 heteroatoms. The first kappa shape index (κ1) is 18.6. The molecular weight excluding hydrogens is 343 g/mol. The first-order chi connectivity index (χ1) is 11.7. The molecule has 1 aliphatic heterocycles. The van der Waals surface area contributed by atoms with Crippen molar-refractivity contribution in [3.05, 3.63) is 24.3 Å². The number of nitrogens with zero attached hydrogens (tertiary/aromatic N) is 1. The maximum absolute atomic E-state index is 13.6. The van der Waals surface area contributed by atoms with E-state index in [0.29, 0.717) is 4.90 Å². The fourth-order valence-corrected chi connectivity index (χ4v) is 2.36. The Balaban J connectivity index is 2.45. The van der Waals surface area contributed by atoms with E-state index >= 15 is 0 Å². The molecule has 4 amide bonds. The second-order valence-corrected chi connectivity index (χ2v) is 5.32. The Labute approximate surface area is 141 Å². The summed E-state index contributed by atoms with van der Waals surface area (Å²) in [4.78, 5) is 36.6. The van der Waals surface area contributed by atoms with E-state index in [4.69, 9.17) is 4.74 Å². The molecule has 0 radical (unpaired) electrons. The van der Waals surface area contributed by atoms with Gasteiger partial charge in [-0.25, -0.2) is 9.69 Å². The standard InChI is InChI=1S/C15H16F3N3O4/c1-3-5-11(22)19-14(15(16,17)18)12(23)21(13(24)20-14)9-6-4-7-10(8-9)25-2/h4,6-8H,3,5H2,1-2H3,(H,19,22)(H,20,24). The number of carbonyl (C=O) groups excluding carboxylic acids is 3. The van der Waals surface area contributed by atoms with Crippen molar-refractivity contribution in [3.8, 4) is 5.75 Å². The Morgan fingerprint density at radius 1 is 1.36 bits per heavy atom. The Morgan fingerprint density at radius 2 is 2.04 bits per heavy atom. The van der Waals surface area contributed by atoms with Crippen LogP contribution in [0.5, 0.6) is 5.75 Å². The number of urea groups is 1. The van der Waals surface area contributed by atoms with E-state index in [-0.39, 0.29) is 24.3 Å². The van der Waals surface area contributed by atoms with Crippen LogP contribution in [0.4, 0.5) is 23.7 Å². The number of anilines is 1. The number of imide groups is 1. The van der Waals surface area contributed by atoms with E-state index < -0.39 is 29.7 Å². The average molecular weight is 359 g/mol. The lowest BCUT2D eigenvalue weighted by molar-refractivity contribution is -0.201. The minimum Gasteiger partial charge on any atom is -0.497 e. The van der Waals surface area contributed by atoms with E-state index in [2.05, 4.69) is 0 Å². The third kappa shape index (κ3) is 3.24. The second-order valence-electron chi connectivity index (χ2n) is 5.32. The van der Waals surface area contributed by atoms with Crippen molar-refractivity contribution in [1.29, 1.82) is 0 Å². The Morgan fingerprint density at radius 3 is 2.60 bits per heavy atom. The zero-order chi connectivity index (χ0) is 18.8. The molecule has 0 aliphatic carbocycles. The van der Waals surface area contributed by atoms with Crippen LogP contribution in [0.1, 0.15) is 19.8 Å². The van der Waals surface area contributed by atoms with Gasteiger partial charge in [0, 0.05) is 12.5 Å². The van der Waals surface area contributed by atoms with Gasteiger partial charge in [0.15, 0.2) is 0 Å². The maximum Gasteiger partial charge on any atom is 0.440 e. The minimum absolute atomic E-state index is 0.113. The quantitative estimate of drug-likeness (QED) is 0.787. The Bertz CT molecular complexity index is 708. The number of hydrogen-bond donors (Lipinski definition) is 2. The van der Waals surface area contributed by atoms with Crippen molar-refractivity contribution in [1.82, 2.24) is 10.6 Å². The molecule has 0 saturated carbocycles. The van der Waals surface area contributed by atoms with Crippen molar-refractivity contribution >= 4 is 23.5 Å². The number of ether oxygens (including phenoxy) is 1. The van der Waals surface area contributed by atoms with Crippen molar-refractivity contribution < 1.29 is 32.3 Å². The van der Waals surface area contributed by atoms with Gasteiger partial charge in [0.2, 0.25) is 5.91 Å². The number of nitrogens with one attached hydrogen (secondary N) is 2. The number of benzene rings is 1. The Hall–Kier alpha value is -2.78. The molecule has 7 nitrogen and oxygen atoms in total. The molecule has 0 bridgehead atoms. The van der Waals surface area contributed by atoms with E-state index in [0.717, 1.165) is 0 Å². The third-order valence-corrected chi connectivity index (χ3v) is 3.56. The van der Waals surface area contributed by atoms with Crippen LogP contribution in [0.3, 0.4) is 0 Å². The minimum atomic E-state index is -5.23. The zero-order valence-corrected chi connectivity index (χ0v) is 13.4. The molecule has 1 aromatic rings. The molecule has 1 aliphatic rings. The monoisotopic (exact) mass is 359 g/mol. The fraction of sp³-hybridized carbons (Fsp3) is 0.400. The van der Waals surface area contributed by atoms with Crippen LogP contribution in [-0.2, 0) is 9.59 Å². The van der Waals surface area contributed by atoms with Gasteiger partial charge in [0.1, 0.15) is 5.75 Å². The molecular formula is C15H16F3N3O4. The number of carbonyl (C=O) groups is 3. The van der Waals surface area contributed by atoms with Crippen LogP contribution in [0, 0.1) is 0 Å². The second kappa shape index (κ2) is 6.61. The molecule has 1 fully saturated rings. The van der Waals surface area contributed by atoms with Gasteiger partial charge in [-0.1, -0.05) is 13.0 Å². The number of amides is 4. The molecule has 1 atom stereocenters. The first-order valence-corrected chi connectivity index (χ1v) is 7.34. The summed E-state index contributed by atoms with van der Waals surface area (Å²) < 4.78 is 45.7. The van der Waals surface area contributed by atoms with Crippen molar-refractivity contribution in [2.45, 2.75) is 31.6 Å². The number of rotatable bonds is 5. The number of hydrogen-bond acceptors (Lipinski definition) is 4. The molecule has 2 N–H and O–H groups in total. The highest BCUT2D eigenvalue weighted by molar-refractivity contribution is 6.24. The Kier molecular flexibility index (Phi) is 4.91. The lowest BCUT2D eigenvalue weighted by Gasteiger charge is -2.29. The van der Waals surface area contributed by atoms with Gasteiger partial charge >= 0.3 is 12.2 Å². The highest BCUT2D eigenvalue weighted by Gasteiger charge is 2.69. The van der Waals surface area contributed by atoms with Crippen LogP contribution >= 0.6 is 0 Å². The van der Waals surface area contributed by atoms with Gasteiger partial charge < -0.3 is 10.1 Å².